The van der Waals surface area contributed by atoms with E-state index < -0.39 is 4.92 Å². The molecule has 1 aromatic carbocycles. The number of nitro groups is 1. The molecule has 0 saturated carbocycles. The molecule has 1 N–H and O–H groups in total. The average Bonchev–Trinajstić information content (AvgIpc) is 2.86. The molecule has 0 atom stereocenters. The molecule has 0 aliphatic heterocycles. The molecule has 0 aliphatic rings. The SMILES string of the molecule is COc1cc([N+](=O)[O-])cc(/C=N\n2c(C)nnc2SC)c1O. The van der Waals surface area contributed by atoms with Crippen molar-refractivity contribution in [3.05, 3.63) is 33.6 Å². The third-order valence-corrected chi connectivity index (χ3v) is 3.40. The van der Waals surface area contributed by atoms with Gasteiger partial charge in [0.25, 0.3) is 5.69 Å². The van der Waals surface area contributed by atoms with Crippen LogP contribution in [-0.2, 0) is 0 Å². The van der Waals surface area contributed by atoms with Gasteiger partial charge in [-0.05, 0) is 13.2 Å². The third kappa shape index (κ3) is 3.01. The molecule has 1 heterocycles. The van der Waals surface area contributed by atoms with Gasteiger partial charge in [0.05, 0.1) is 24.3 Å². The zero-order chi connectivity index (χ0) is 16.3. The molecular formula is C12H13N5O4S. The first-order valence-corrected chi connectivity index (χ1v) is 7.26. The minimum Gasteiger partial charge on any atom is -0.504 e. The van der Waals surface area contributed by atoms with Crippen LogP contribution in [0.3, 0.4) is 0 Å². The number of aromatic nitrogens is 3. The van der Waals surface area contributed by atoms with E-state index in [4.69, 9.17) is 4.74 Å². The lowest BCUT2D eigenvalue weighted by atomic mass is 10.2. The summed E-state index contributed by atoms with van der Waals surface area (Å²) in [5.74, 6) is 0.326. The number of hydrogen-bond donors (Lipinski definition) is 1. The smallest absolute Gasteiger partial charge is 0.274 e. The molecule has 0 unspecified atom stereocenters. The van der Waals surface area contributed by atoms with Crippen molar-refractivity contribution in [1.29, 1.82) is 0 Å². The Balaban J connectivity index is 2.48. The minimum atomic E-state index is -0.573. The first-order chi connectivity index (χ1) is 10.5. The van der Waals surface area contributed by atoms with E-state index in [2.05, 4.69) is 15.3 Å². The van der Waals surface area contributed by atoms with Gasteiger partial charge in [-0.3, -0.25) is 10.1 Å². The molecule has 2 rings (SSSR count). The lowest BCUT2D eigenvalue weighted by Gasteiger charge is -2.06. The highest BCUT2D eigenvalue weighted by Crippen LogP contribution is 2.33. The molecule has 22 heavy (non-hydrogen) atoms. The molecule has 0 spiro atoms. The van der Waals surface area contributed by atoms with E-state index in [9.17, 15) is 15.2 Å². The van der Waals surface area contributed by atoms with Crippen molar-refractivity contribution in [2.75, 3.05) is 13.4 Å². The first kappa shape index (κ1) is 15.8. The topological polar surface area (TPSA) is 116 Å². The number of methoxy groups -OCH3 is 1. The van der Waals surface area contributed by atoms with Gasteiger partial charge in [0, 0.05) is 11.6 Å². The summed E-state index contributed by atoms with van der Waals surface area (Å²) in [6, 6.07) is 2.35. The Morgan fingerprint density at radius 1 is 1.50 bits per heavy atom. The fourth-order valence-electron chi connectivity index (χ4n) is 1.69. The Morgan fingerprint density at radius 3 is 2.82 bits per heavy atom. The summed E-state index contributed by atoms with van der Waals surface area (Å²) in [5, 5.41) is 33.5. The van der Waals surface area contributed by atoms with Crippen LogP contribution in [0.1, 0.15) is 11.4 Å². The minimum absolute atomic E-state index is 0.00113. The Morgan fingerprint density at radius 2 is 2.23 bits per heavy atom. The number of hydrogen-bond acceptors (Lipinski definition) is 8. The second-order valence-corrected chi connectivity index (χ2v) is 4.91. The molecule has 2 aromatic rings. The molecule has 9 nitrogen and oxygen atoms in total. The fourth-order valence-corrected chi connectivity index (χ4v) is 2.17. The van der Waals surface area contributed by atoms with Crippen molar-refractivity contribution in [2.45, 2.75) is 12.1 Å². The summed E-state index contributed by atoms with van der Waals surface area (Å²) in [7, 11) is 1.31. The highest BCUT2D eigenvalue weighted by molar-refractivity contribution is 7.98. The van der Waals surface area contributed by atoms with Gasteiger partial charge in [-0.15, -0.1) is 10.2 Å². The van der Waals surface area contributed by atoms with E-state index in [1.54, 1.807) is 6.92 Å². The highest BCUT2D eigenvalue weighted by atomic mass is 32.2. The lowest BCUT2D eigenvalue weighted by molar-refractivity contribution is -0.385. The van der Waals surface area contributed by atoms with Crippen LogP contribution < -0.4 is 4.74 Å². The van der Waals surface area contributed by atoms with E-state index in [0.717, 1.165) is 6.07 Å². The molecule has 1 aromatic heterocycles. The van der Waals surface area contributed by atoms with Crippen LogP contribution >= 0.6 is 11.8 Å². The van der Waals surface area contributed by atoms with Crippen LogP contribution in [0.4, 0.5) is 5.69 Å². The zero-order valence-corrected chi connectivity index (χ0v) is 12.9. The number of ether oxygens (including phenoxy) is 1. The number of aryl methyl sites for hydroxylation is 1. The summed E-state index contributed by atoms with van der Waals surface area (Å²) in [6.45, 7) is 1.72. The van der Waals surface area contributed by atoms with E-state index in [1.807, 2.05) is 6.26 Å². The van der Waals surface area contributed by atoms with Gasteiger partial charge in [0.15, 0.2) is 17.3 Å². The first-order valence-electron chi connectivity index (χ1n) is 6.03. The summed E-state index contributed by atoms with van der Waals surface area (Å²) < 4.78 is 6.40. The molecule has 116 valence electrons. The Labute approximate surface area is 129 Å². The molecule has 0 fully saturated rings. The molecule has 0 radical (unpaired) electrons. The molecule has 0 amide bonds. The van der Waals surface area contributed by atoms with Gasteiger partial charge in [-0.1, -0.05) is 11.8 Å². The summed E-state index contributed by atoms with van der Waals surface area (Å²) in [4.78, 5) is 10.3. The number of non-ortho nitro benzene ring substituents is 1. The molecule has 0 aliphatic carbocycles. The predicted molar refractivity (Wildman–Crippen MR) is 80.8 cm³/mol. The number of phenolic OH excluding ortho intramolecular Hbond substituents is 1. The van der Waals surface area contributed by atoms with Crippen molar-refractivity contribution in [1.82, 2.24) is 14.9 Å². The van der Waals surface area contributed by atoms with Crippen LogP contribution in [0.15, 0.2) is 22.4 Å². The maximum atomic E-state index is 10.9. The average molecular weight is 323 g/mol. The third-order valence-electron chi connectivity index (χ3n) is 2.78. The van der Waals surface area contributed by atoms with Gasteiger partial charge in [0.2, 0.25) is 5.16 Å². The van der Waals surface area contributed by atoms with Crippen molar-refractivity contribution in [2.24, 2.45) is 5.10 Å². The standard InChI is InChI=1S/C12H13N5O4S/c1-7-14-15-12(22-3)16(7)13-6-8-4-9(17(19)20)5-10(21-2)11(8)18/h4-6,18H,1-3H3/b13-6-. The number of rotatable bonds is 5. The van der Waals surface area contributed by atoms with Crippen LogP contribution in [-0.4, -0.2) is 44.5 Å². The van der Waals surface area contributed by atoms with Gasteiger partial charge in [-0.25, -0.2) is 0 Å². The van der Waals surface area contributed by atoms with E-state index in [-0.39, 0.29) is 22.7 Å². The highest BCUT2D eigenvalue weighted by Gasteiger charge is 2.16. The number of thioether (sulfide) groups is 1. The number of benzene rings is 1. The maximum absolute atomic E-state index is 10.9. The molecular weight excluding hydrogens is 310 g/mol. The lowest BCUT2D eigenvalue weighted by Crippen LogP contribution is -1.98. The van der Waals surface area contributed by atoms with Gasteiger partial charge in [-0.2, -0.15) is 9.78 Å². The Kier molecular flexibility index (Phi) is 4.61. The largest absolute Gasteiger partial charge is 0.504 e. The quantitative estimate of drug-likeness (QED) is 0.386. The van der Waals surface area contributed by atoms with Gasteiger partial charge >= 0.3 is 0 Å². The van der Waals surface area contributed by atoms with Crippen molar-refractivity contribution < 1.29 is 14.8 Å². The summed E-state index contributed by atoms with van der Waals surface area (Å²) in [6.07, 6.45) is 3.12. The second-order valence-electron chi connectivity index (χ2n) is 4.13. The number of aromatic hydroxyl groups is 1. The van der Waals surface area contributed by atoms with Crippen molar-refractivity contribution >= 4 is 23.7 Å². The monoisotopic (exact) mass is 323 g/mol. The van der Waals surface area contributed by atoms with Crippen LogP contribution in [0.5, 0.6) is 11.5 Å². The van der Waals surface area contributed by atoms with Crippen LogP contribution in [0.25, 0.3) is 0 Å². The Bertz CT molecular complexity index is 743. The normalized spacial score (nSPS) is 11.0. The number of nitro benzene ring substituents is 1. The molecule has 10 heteroatoms. The van der Waals surface area contributed by atoms with Crippen molar-refractivity contribution in [3.63, 3.8) is 0 Å². The summed E-state index contributed by atoms with van der Waals surface area (Å²) in [5.41, 5.74) is -0.0483. The van der Waals surface area contributed by atoms with E-state index >= 15 is 0 Å². The Hall–Kier alpha value is -2.62. The number of phenols is 1. The van der Waals surface area contributed by atoms with Crippen molar-refractivity contribution in [3.8, 4) is 11.5 Å². The fraction of sp³-hybridized carbons (Fsp3) is 0.250. The molecule has 0 saturated heterocycles. The zero-order valence-electron chi connectivity index (χ0n) is 12.0. The van der Waals surface area contributed by atoms with Crippen LogP contribution in [0, 0.1) is 17.0 Å². The van der Waals surface area contributed by atoms with Crippen LogP contribution in [0.2, 0.25) is 0 Å². The van der Waals surface area contributed by atoms with E-state index in [0.29, 0.717) is 11.0 Å². The predicted octanol–water partition coefficient (Wildman–Crippen LogP) is 1.81. The maximum Gasteiger partial charge on any atom is 0.274 e. The van der Waals surface area contributed by atoms with Gasteiger partial charge < -0.3 is 9.84 Å². The number of nitrogens with zero attached hydrogens (tertiary/aromatic N) is 5. The van der Waals surface area contributed by atoms with E-state index in [1.165, 1.54) is 35.8 Å². The molecule has 0 bridgehead atoms. The summed E-state index contributed by atoms with van der Waals surface area (Å²) >= 11 is 1.35. The second kappa shape index (κ2) is 6.43. The van der Waals surface area contributed by atoms with Gasteiger partial charge in [0.1, 0.15) is 0 Å².